The monoisotopic (exact) mass is 345 g/mol. The number of anilines is 1. The molecule has 0 aliphatic rings. The quantitative estimate of drug-likeness (QED) is 0.617. The molecule has 1 nitrogen and oxygen atoms in total. The Morgan fingerprint density at radius 3 is 2.67 bits per heavy atom. The van der Waals surface area contributed by atoms with Crippen molar-refractivity contribution in [3.05, 3.63) is 57.3 Å². The maximum absolute atomic E-state index is 13.0. The van der Waals surface area contributed by atoms with Crippen molar-refractivity contribution in [2.75, 3.05) is 5.73 Å². The summed E-state index contributed by atoms with van der Waals surface area (Å²) in [7, 11) is 0. The van der Waals surface area contributed by atoms with Crippen molar-refractivity contribution in [1.29, 1.82) is 0 Å². The van der Waals surface area contributed by atoms with Crippen LogP contribution >= 0.6 is 39.3 Å². The first-order valence-electron chi connectivity index (χ1n) is 5.18. The second-order valence-electron chi connectivity index (χ2n) is 3.73. The molecule has 0 amide bonds. The number of hydrogen-bond donors (Lipinski definition) is 1. The summed E-state index contributed by atoms with van der Waals surface area (Å²) in [6.45, 7) is 0. The molecule has 2 aromatic rings. The number of nitrogens with two attached hydrogens (primary N) is 1. The molecule has 5 heteroatoms. The van der Waals surface area contributed by atoms with Crippen molar-refractivity contribution in [3.8, 4) is 0 Å². The van der Waals surface area contributed by atoms with Crippen molar-refractivity contribution in [2.24, 2.45) is 0 Å². The van der Waals surface area contributed by atoms with E-state index < -0.39 is 0 Å². The van der Waals surface area contributed by atoms with Crippen molar-refractivity contribution in [1.82, 2.24) is 0 Å². The zero-order valence-corrected chi connectivity index (χ0v) is 12.4. The Hall–Kier alpha value is -0.710. The lowest BCUT2D eigenvalue weighted by Gasteiger charge is -2.06. The molecule has 0 bridgehead atoms. The van der Waals surface area contributed by atoms with Gasteiger partial charge in [-0.3, -0.25) is 0 Å². The number of nitrogen functional groups attached to an aromatic ring is 1. The van der Waals surface area contributed by atoms with Gasteiger partial charge in [-0.15, -0.1) is 11.8 Å². The maximum Gasteiger partial charge on any atom is 0.141 e. The van der Waals surface area contributed by atoms with Crippen LogP contribution in [-0.2, 0) is 5.75 Å². The molecule has 0 spiro atoms. The van der Waals surface area contributed by atoms with E-state index in [4.69, 9.17) is 17.3 Å². The fourth-order valence-electron chi connectivity index (χ4n) is 1.42. The number of halogens is 3. The predicted molar refractivity (Wildman–Crippen MR) is 79.5 cm³/mol. The Bertz CT molecular complexity index is 577. The van der Waals surface area contributed by atoms with Crippen LogP contribution in [0.25, 0.3) is 0 Å². The molecule has 94 valence electrons. The Labute approximate surface area is 123 Å². The van der Waals surface area contributed by atoms with E-state index in [0.29, 0.717) is 0 Å². The van der Waals surface area contributed by atoms with Crippen LogP contribution in [0, 0.1) is 5.82 Å². The van der Waals surface area contributed by atoms with E-state index in [-0.39, 0.29) is 10.8 Å². The fraction of sp³-hybridized carbons (Fsp3) is 0.0769. The van der Waals surface area contributed by atoms with Gasteiger partial charge in [0.05, 0.1) is 5.02 Å². The second kappa shape index (κ2) is 5.95. The molecule has 18 heavy (non-hydrogen) atoms. The summed E-state index contributed by atoms with van der Waals surface area (Å²) in [6.07, 6.45) is 0. The molecule has 2 rings (SSSR count). The smallest absolute Gasteiger partial charge is 0.141 e. The summed E-state index contributed by atoms with van der Waals surface area (Å²) in [5, 5.41) is 0.157. The summed E-state index contributed by atoms with van der Waals surface area (Å²) in [5.41, 5.74) is 7.37. The minimum atomic E-state index is -0.390. The number of thioether (sulfide) groups is 1. The molecule has 0 fully saturated rings. The van der Waals surface area contributed by atoms with Crippen LogP contribution in [0.15, 0.2) is 45.8 Å². The lowest BCUT2D eigenvalue weighted by atomic mass is 10.2. The first-order valence-corrected chi connectivity index (χ1v) is 7.33. The summed E-state index contributed by atoms with van der Waals surface area (Å²) in [4.78, 5) is 1.09. The molecule has 0 saturated heterocycles. The number of hydrogen-bond acceptors (Lipinski definition) is 2. The van der Waals surface area contributed by atoms with Crippen LogP contribution in [0.2, 0.25) is 5.02 Å². The van der Waals surface area contributed by atoms with Crippen LogP contribution in [0.3, 0.4) is 0 Å². The van der Waals surface area contributed by atoms with Gasteiger partial charge in [0.15, 0.2) is 0 Å². The first kappa shape index (κ1) is 13.7. The van der Waals surface area contributed by atoms with E-state index >= 15 is 0 Å². The van der Waals surface area contributed by atoms with Gasteiger partial charge in [0.1, 0.15) is 5.82 Å². The van der Waals surface area contributed by atoms with E-state index in [1.165, 1.54) is 6.07 Å². The molecular weight excluding hydrogens is 337 g/mol. The van der Waals surface area contributed by atoms with E-state index in [9.17, 15) is 4.39 Å². The average Bonchev–Trinajstić information content (AvgIpc) is 2.32. The third-order valence-electron chi connectivity index (χ3n) is 2.33. The van der Waals surface area contributed by atoms with Crippen molar-refractivity contribution in [2.45, 2.75) is 10.6 Å². The molecule has 2 N–H and O–H groups in total. The van der Waals surface area contributed by atoms with Gasteiger partial charge in [0, 0.05) is 20.8 Å². The summed E-state index contributed by atoms with van der Waals surface area (Å²) < 4.78 is 14.0. The van der Waals surface area contributed by atoms with E-state index in [1.807, 2.05) is 18.2 Å². The largest absolute Gasteiger partial charge is 0.399 e. The Kier molecular flexibility index (Phi) is 4.54. The highest BCUT2D eigenvalue weighted by Gasteiger charge is 2.04. The lowest BCUT2D eigenvalue weighted by Crippen LogP contribution is -1.87. The zero-order valence-electron chi connectivity index (χ0n) is 9.29. The summed E-state index contributed by atoms with van der Waals surface area (Å²) in [5.74, 6) is 0.335. The third kappa shape index (κ3) is 3.40. The molecule has 0 atom stereocenters. The highest BCUT2D eigenvalue weighted by molar-refractivity contribution is 9.10. The van der Waals surface area contributed by atoms with Crippen LogP contribution in [-0.4, -0.2) is 0 Å². The van der Waals surface area contributed by atoms with E-state index in [2.05, 4.69) is 15.9 Å². The van der Waals surface area contributed by atoms with Crippen LogP contribution in [0.5, 0.6) is 0 Å². The minimum absolute atomic E-state index is 0.157. The summed E-state index contributed by atoms with van der Waals surface area (Å²) in [6, 6.07) is 10.4. The Morgan fingerprint density at radius 2 is 2.00 bits per heavy atom. The predicted octanol–water partition coefficient (Wildman–Crippen LogP) is 5.12. The standard InChI is InChI=1S/C13H10BrClFNS/c14-10-6-9(17)2-4-13(10)18-7-8-1-3-12(16)11(15)5-8/h1-6H,7,17H2. The van der Waals surface area contributed by atoms with Crippen molar-refractivity contribution >= 4 is 45.0 Å². The van der Waals surface area contributed by atoms with Crippen molar-refractivity contribution < 1.29 is 4.39 Å². The van der Waals surface area contributed by atoms with Gasteiger partial charge in [-0.05, 0) is 51.8 Å². The third-order valence-corrected chi connectivity index (χ3v) is 4.69. The van der Waals surface area contributed by atoms with E-state index in [0.717, 1.165) is 26.4 Å². The fourth-order valence-corrected chi connectivity index (χ4v) is 3.23. The van der Waals surface area contributed by atoms with Crippen LogP contribution < -0.4 is 5.73 Å². The van der Waals surface area contributed by atoms with Crippen LogP contribution in [0.4, 0.5) is 10.1 Å². The molecule has 2 aromatic carbocycles. The molecule has 0 aliphatic heterocycles. The zero-order chi connectivity index (χ0) is 13.1. The van der Waals surface area contributed by atoms with Crippen LogP contribution in [0.1, 0.15) is 5.56 Å². The maximum atomic E-state index is 13.0. The number of rotatable bonds is 3. The van der Waals surface area contributed by atoms with Gasteiger partial charge in [-0.1, -0.05) is 17.7 Å². The van der Waals surface area contributed by atoms with Gasteiger partial charge < -0.3 is 5.73 Å². The molecule has 0 radical (unpaired) electrons. The molecule has 0 heterocycles. The van der Waals surface area contributed by atoms with E-state index in [1.54, 1.807) is 23.9 Å². The second-order valence-corrected chi connectivity index (χ2v) is 6.01. The first-order chi connectivity index (χ1) is 8.56. The summed E-state index contributed by atoms with van der Waals surface area (Å²) >= 11 is 10.8. The molecule has 0 aliphatic carbocycles. The van der Waals surface area contributed by atoms with Gasteiger partial charge in [0.25, 0.3) is 0 Å². The van der Waals surface area contributed by atoms with Crippen molar-refractivity contribution in [3.63, 3.8) is 0 Å². The molecule has 0 saturated carbocycles. The normalized spacial score (nSPS) is 10.6. The van der Waals surface area contributed by atoms with Gasteiger partial charge in [0.2, 0.25) is 0 Å². The van der Waals surface area contributed by atoms with Gasteiger partial charge in [-0.2, -0.15) is 0 Å². The molecule has 0 unspecified atom stereocenters. The SMILES string of the molecule is Nc1ccc(SCc2ccc(F)c(Cl)c2)c(Br)c1. The molecular formula is C13H10BrClFNS. The lowest BCUT2D eigenvalue weighted by molar-refractivity contribution is 0.628. The topological polar surface area (TPSA) is 26.0 Å². The highest BCUT2D eigenvalue weighted by atomic mass is 79.9. The average molecular weight is 347 g/mol. The Morgan fingerprint density at radius 1 is 1.22 bits per heavy atom. The number of benzene rings is 2. The van der Waals surface area contributed by atoms with Gasteiger partial charge in [-0.25, -0.2) is 4.39 Å². The molecule has 0 aromatic heterocycles. The van der Waals surface area contributed by atoms with Gasteiger partial charge >= 0.3 is 0 Å². The Balaban J connectivity index is 2.09. The minimum Gasteiger partial charge on any atom is -0.399 e. The highest BCUT2D eigenvalue weighted by Crippen LogP contribution is 2.32.